The molecule has 0 aliphatic heterocycles. The second kappa shape index (κ2) is 10.1. The number of benzene rings is 2. The first-order valence-electron chi connectivity index (χ1n) is 9.69. The Morgan fingerprint density at radius 1 is 1.00 bits per heavy atom. The fourth-order valence-corrected chi connectivity index (χ4v) is 5.55. The first kappa shape index (κ1) is 25.3. The van der Waals surface area contributed by atoms with E-state index in [2.05, 4.69) is 11.1 Å². The minimum atomic E-state index is -3.74. The summed E-state index contributed by atoms with van der Waals surface area (Å²) in [5.41, 5.74) is 3.99. The Bertz CT molecular complexity index is 1170. The van der Waals surface area contributed by atoms with Crippen LogP contribution in [0.5, 0.6) is 0 Å². The second-order valence-electron chi connectivity index (χ2n) is 7.85. The lowest BCUT2D eigenvalue weighted by atomic mass is 10.1. The van der Waals surface area contributed by atoms with E-state index in [9.17, 15) is 13.2 Å². The molecule has 3 rings (SSSR count). The minimum absolute atomic E-state index is 0. The topological polar surface area (TPSA) is 70.6 Å². The number of likely N-dealkylation sites (N-methyl/N-ethyl adjacent to an activating group) is 1. The molecule has 0 radical (unpaired) electrons. The zero-order chi connectivity index (χ0) is 22.1. The number of aromatic nitrogens is 1. The van der Waals surface area contributed by atoms with Crippen molar-refractivity contribution in [2.75, 3.05) is 37.8 Å². The summed E-state index contributed by atoms with van der Waals surface area (Å²) >= 11 is 1.42. The molecule has 1 amide bonds. The summed E-state index contributed by atoms with van der Waals surface area (Å²) < 4.78 is 26.6. The van der Waals surface area contributed by atoms with Crippen molar-refractivity contribution in [3.05, 3.63) is 53.1 Å². The lowest BCUT2D eigenvalue weighted by Gasteiger charge is -2.22. The predicted octanol–water partition coefficient (Wildman–Crippen LogP) is 4.01. The fourth-order valence-electron chi connectivity index (χ4n) is 3.17. The number of carbonyl (C=O) groups is 1. The number of halogens is 1. The molecule has 0 N–H and O–H groups in total. The van der Waals surface area contributed by atoms with E-state index in [1.807, 2.05) is 45.8 Å². The van der Waals surface area contributed by atoms with E-state index in [0.717, 1.165) is 26.9 Å². The number of fused-ring (bicyclic) bond motifs is 1. The number of carbonyl (C=O) groups excluding carboxylic acids is 1. The van der Waals surface area contributed by atoms with Crippen molar-refractivity contribution in [2.45, 2.75) is 25.7 Å². The highest BCUT2D eigenvalue weighted by atomic mass is 35.5. The van der Waals surface area contributed by atoms with E-state index >= 15 is 0 Å². The quantitative estimate of drug-likeness (QED) is 0.510. The van der Waals surface area contributed by atoms with Crippen LogP contribution in [0.15, 0.2) is 41.3 Å². The highest BCUT2D eigenvalue weighted by Gasteiger charge is 2.26. The monoisotopic (exact) mass is 481 g/mol. The molecule has 0 saturated heterocycles. The number of aryl methyl sites for hydroxylation is 3. The largest absolute Gasteiger partial charge is 0.308 e. The molecule has 0 bridgehead atoms. The summed E-state index contributed by atoms with van der Waals surface area (Å²) in [5.74, 6) is -1.05. The van der Waals surface area contributed by atoms with Crippen LogP contribution in [0.4, 0.5) is 5.13 Å². The molecule has 9 heteroatoms. The van der Waals surface area contributed by atoms with Gasteiger partial charge in [-0.15, -0.1) is 12.4 Å². The molecule has 0 aliphatic carbocycles. The van der Waals surface area contributed by atoms with Crippen LogP contribution in [0.1, 0.15) is 16.7 Å². The van der Waals surface area contributed by atoms with Crippen LogP contribution in [0.3, 0.4) is 0 Å². The van der Waals surface area contributed by atoms with Gasteiger partial charge >= 0.3 is 0 Å². The van der Waals surface area contributed by atoms with Gasteiger partial charge in [0.05, 0.1) is 15.1 Å². The maximum atomic E-state index is 13.1. The van der Waals surface area contributed by atoms with Gasteiger partial charge in [-0.05, 0) is 64.2 Å². The standard InChI is InChI=1S/C22H27N3O3S2.ClH/c1-15-6-8-18(9-7-15)30(27,28)14-20(26)25(11-10-24(4)5)22-23-21-17(3)12-16(2)13-19(21)29-22;/h6-9,12-13H,10-11,14H2,1-5H3;1H. The van der Waals surface area contributed by atoms with Gasteiger partial charge in [0.25, 0.3) is 0 Å². The van der Waals surface area contributed by atoms with Crippen LogP contribution in [-0.2, 0) is 14.6 Å². The van der Waals surface area contributed by atoms with Crippen molar-refractivity contribution in [2.24, 2.45) is 0 Å². The number of hydrogen-bond donors (Lipinski definition) is 0. The zero-order valence-electron chi connectivity index (χ0n) is 18.4. The highest BCUT2D eigenvalue weighted by Crippen LogP contribution is 2.32. The van der Waals surface area contributed by atoms with Gasteiger partial charge in [-0.25, -0.2) is 13.4 Å². The maximum absolute atomic E-state index is 13.1. The molecule has 6 nitrogen and oxygen atoms in total. The third-order valence-electron chi connectivity index (χ3n) is 4.81. The molecular weight excluding hydrogens is 454 g/mol. The number of nitrogens with zero attached hydrogens (tertiary/aromatic N) is 3. The van der Waals surface area contributed by atoms with Gasteiger partial charge in [-0.3, -0.25) is 9.69 Å². The number of hydrogen-bond acceptors (Lipinski definition) is 6. The number of sulfone groups is 1. The van der Waals surface area contributed by atoms with Crippen LogP contribution in [0.25, 0.3) is 10.2 Å². The van der Waals surface area contributed by atoms with Crippen molar-refractivity contribution in [1.82, 2.24) is 9.88 Å². The summed E-state index contributed by atoms with van der Waals surface area (Å²) in [6.45, 7) is 6.88. The third kappa shape index (κ3) is 6.04. The first-order valence-corrected chi connectivity index (χ1v) is 12.2. The van der Waals surface area contributed by atoms with Crippen molar-refractivity contribution < 1.29 is 13.2 Å². The smallest absolute Gasteiger partial charge is 0.244 e. The molecule has 0 atom stereocenters. The number of amides is 1. The van der Waals surface area contributed by atoms with Gasteiger partial charge in [0, 0.05) is 13.1 Å². The van der Waals surface area contributed by atoms with Gasteiger partial charge < -0.3 is 4.90 Å². The average Bonchev–Trinajstić information content (AvgIpc) is 3.05. The molecule has 0 aliphatic rings. The Balaban J connectivity index is 0.00000341. The van der Waals surface area contributed by atoms with Crippen molar-refractivity contribution >= 4 is 54.8 Å². The summed E-state index contributed by atoms with van der Waals surface area (Å²) in [7, 11) is 0.0877. The van der Waals surface area contributed by atoms with Crippen LogP contribution in [0.2, 0.25) is 0 Å². The fraction of sp³-hybridized carbons (Fsp3) is 0.364. The highest BCUT2D eigenvalue weighted by molar-refractivity contribution is 7.92. The van der Waals surface area contributed by atoms with E-state index in [-0.39, 0.29) is 17.3 Å². The Hall–Kier alpha value is -2.00. The van der Waals surface area contributed by atoms with Gasteiger partial charge in [-0.2, -0.15) is 0 Å². The van der Waals surface area contributed by atoms with E-state index in [1.54, 1.807) is 24.3 Å². The Kier molecular flexibility index (Phi) is 8.21. The van der Waals surface area contributed by atoms with Crippen LogP contribution in [0, 0.1) is 20.8 Å². The number of anilines is 1. The van der Waals surface area contributed by atoms with Crippen molar-refractivity contribution in [1.29, 1.82) is 0 Å². The van der Waals surface area contributed by atoms with Crippen LogP contribution < -0.4 is 4.90 Å². The van der Waals surface area contributed by atoms with Gasteiger partial charge in [0.15, 0.2) is 15.0 Å². The molecule has 31 heavy (non-hydrogen) atoms. The van der Waals surface area contributed by atoms with Crippen molar-refractivity contribution in [3.63, 3.8) is 0 Å². The average molecular weight is 482 g/mol. The van der Waals surface area contributed by atoms with E-state index in [4.69, 9.17) is 0 Å². The molecule has 1 heterocycles. The third-order valence-corrected chi connectivity index (χ3v) is 7.46. The molecule has 3 aromatic rings. The Labute approximate surface area is 194 Å². The molecular formula is C22H28ClN3O3S2. The molecule has 0 unspecified atom stereocenters. The first-order chi connectivity index (χ1) is 14.1. The SMILES string of the molecule is Cc1ccc(S(=O)(=O)CC(=O)N(CCN(C)C)c2nc3c(C)cc(C)cc3s2)cc1.Cl. The van der Waals surface area contributed by atoms with Crippen LogP contribution in [-0.4, -0.2) is 57.1 Å². The summed E-state index contributed by atoms with van der Waals surface area (Å²) in [6, 6.07) is 10.7. The number of thiazole rings is 1. The number of rotatable bonds is 7. The molecule has 0 spiro atoms. The second-order valence-corrected chi connectivity index (χ2v) is 10.8. The van der Waals surface area contributed by atoms with E-state index < -0.39 is 21.5 Å². The van der Waals surface area contributed by atoms with Crippen molar-refractivity contribution in [3.8, 4) is 0 Å². The lowest BCUT2D eigenvalue weighted by Crippen LogP contribution is -2.40. The normalized spacial score (nSPS) is 11.5. The summed E-state index contributed by atoms with van der Waals surface area (Å²) in [4.78, 5) is 21.4. The molecule has 0 saturated carbocycles. The van der Waals surface area contributed by atoms with E-state index in [1.165, 1.54) is 16.2 Å². The van der Waals surface area contributed by atoms with Crippen LogP contribution >= 0.6 is 23.7 Å². The Morgan fingerprint density at radius 3 is 2.26 bits per heavy atom. The molecule has 2 aromatic carbocycles. The minimum Gasteiger partial charge on any atom is -0.308 e. The molecule has 1 aromatic heterocycles. The predicted molar refractivity (Wildman–Crippen MR) is 130 cm³/mol. The van der Waals surface area contributed by atoms with Gasteiger partial charge in [-0.1, -0.05) is 35.1 Å². The summed E-state index contributed by atoms with van der Waals surface area (Å²) in [6.07, 6.45) is 0. The summed E-state index contributed by atoms with van der Waals surface area (Å²) in [5, 5.41) is 0.532. The van der Waals surface area contributed by atoms with Gasteiger partial charge in [0.1, 0.15) is 5.75 Å². The van der Waals surface area contributed by atoms with Gasteiger partial charge in [0.2, 0.25) is 5.91 Å². The maximum Gasteiger partial charge on any atom is 0.244 e. The molecule has 168 valence electrons. The Morgan fingerprint density at radius 2 is 1.65 bits per heavy atom. The lowest BCUT2D eigenvalue weighted by molar-refractivity contribution is -0.116. The van der Waals surface area contributed by atoms with E-state index in [0.29, 0.717) is 18.2 Å². The molecule has 0 fully saturated rings. The zero-order valence-corrected chi connectivity index (χ0v) is 20.8.